The lowest BCUT2D eigenvalue weighted by Gasteiger charge is -2.03. The number of nitrogens with zero attached hydrogens (tertiary/aromatic N) is 1. The number of thioether (sulfide) groups is 1. The SMILES string of the molecule is CCCCSCc1cccc([N+](=O)[O-])c1F. The molecule has 0 aromatic heterocycles. The van der Waals surface area contributed by atoms with Gasteiger partial charge in [-0.2, -0.15) is 16.2 Å². The van der Waals surface area contributed by atoms with Gasteiger partial charge in [0.2, 0.25) is 5.82 Å². The van der Waals surface area contributed by atoms with Gasteiger partial charge in [0, 0.05) is 17.4 Å². The Labute approximate surface area is 98.2 Å². The molecule has 0 amide bonds. The molecule has 88 valence electrons. The number of nitro benzene ring substituents is 1. The molecule has 3 nitrogen and oxygen atoms in total. The maximum atomic E-state index is 13.6. The quantitative estimate of drug-likeness (QED) is 0.434. The molecule has 16 heavy (non-hydrogen) atoms. The van der Waals surface area contributed by atoms with Crippen LogP contribution in [-0.4, -0.2) is 10.7 Å². The standard InChI is InChI=1S/C11H14FNO2S/c1-2-3-7-16-8-9-5-4-6-10(11(9)12)13(14)15/h4-6H,2-3,7-8H2,1H3. The third kappa shape index (κ3) is 3.48. The Morgan fingerprint density at radius 2 is 2.25 bits per heavy atom. The summed E-state index contributed by atoms with van der Waals surface area (Å²) in [4.78, 5) is 9.82. The van der Waals surface area contributed by atoms with Crippen LogP contribution in [0.5, 0.6) is 0 Å². The zero-order chi connectivity index (χ0) is 12.0. The average molecular weight is 243 g/mol. The Hall–Kier alpha value is -1.10. The second-order valence-corrected chi connectivity index (χ2v) is 4.52. The highest BCUT2D eigenvalue weighted by Crippen LogP contribution is 2.23. The second-order valence-electron chi connectivity index (χ2n) is 3.41. The van der Waals surface area contributed by atoms with Crippen LogP contribution in [0.15, 0.2) is 18.2 Å². The van der Waals surface area contributed by atoms with Crippen LogP contribution in [-0.2, 0) is 5.75 Å². The first kappa shape index (κ1) is 13.0. The molecule has 0 aliphatic heterocycles. The molecule has 0 heterocycles. The number of unbranched alkanes of at least 4 members (excludes halogenated alkanes) is 1. The van der Waals surface area contributed by atoms with Gasteiger partial charge >= 0.3 is 5.69 Å². The zero-order valence-corrected chi connectivity index (χ0v) is 9.93. The smallest absolute Gasteiger partial charge is 0.258 e. The minimum Gasteiger partial charge on any atom is -0.258 e. The van der Waals surface area contributed by atoms with Crippen LogP contribution >= 0.6 is 11.8 Å². The fraction of sp³-hybridized carbons (Fsp3) is 0.455. The van der Waals surface area contributed by atoms with Crippen LogP contribution < -0.4 is 0 Å². The molecule has 0 fully saturated rings. The van der Waals surface area contributed by atoms with Crippen LogP contribution in [0.3, 0.4) is 0 Å². The van der Waals surface area contributed by atoms with Crippen LogP contribution in [0.2, 0.25) is 0 Å². The molecule has 0 radical (unpaired) electrons. The van der Waals surface area contributed by atoms with Gasteiger partial charge in [0.05, 0.1) is 4.92 Å². The van der Waals surface area contributed by atoms with Crippen molar-refractivity contribution < 1.29 is 9.31 Å². The highest BCUT2D eigenvalue weighted by atomic mass is 32.2. The highest BCUT2D eigenvalue weighted by molar-refractivity contribution is 7.98. The van der Waals surface area contributed by atoms with Gasteiger partial charge in [0.15, 0.2) is 0 Å². The number of benzene rings is 1. The lowest BCUT2D eigenvalue weighted by atomic mass is 10.2. The summed E-state index contributed by atoms with van der Waals surface area (Å²) >= 11 is 1.60. The van der Waals surface area contributed by atoms with E-state index >= 15 is 0 Å². The molecule has 0 N–H and O–H groups in total. The highest BCUT2D eigenvalue weighted by Gasteiger charge is 2.16. The Bertz CT molecular complexity index is 371. The van der Waals surface area contributed by atoms with Gasteiger partial charge in [-0.15, -0.1) is 0 Å². The van der Waals surface area contributed by atoms with Crippen LogP contribution in [0.25, 0.3) is 0 Å². The summed E-state index contributed by atoms with van der Waals surface area (Å²) in [7, 11) is 0. The molecule has 1 aromatic carbocycles. The third-order valence-corrected chi connectivity index (χ3v) is 3.25. The van der Waals surface area contributed by atoms with Gasteiger partial charge in [-0.05, 0) is 12.2 Å². The van der Waals surface area contributed by atoms with Crippen molar-refractivity contribution in [1.82, 2.24) is 0 Å². The molecule has 0 atom stereocenters. The Morgan fingerprint density at radius 1 is 1.50 bits per heavy atom. The molecule has 0 spiro atoms. The normalized spacial score (nSPS) is 10.4. The predicted octanol–water partition coefficient (Wildman–Crippen LogP) is 3.77. The topological polar surface area (TPSA) is 43.1 Å². The van der Waals surface area contributed by atoms with E-state index < -0.39 is 16.4 Å². The zero-order valence-electron chi connectivity index (χ0n) is 9.11. The van der Waals surface area contributed by atoms with Gasteiger partial charge in [0.25, 0.3) is 0 Å². The molecular formula is C11H14FNO2S. The Morgan fingerprint density at radius 3 is 2.88 bits per heavy atom. The average Bonchev–Trinajstić information content (AvgIpc) is 2.26. The summed E-state index contributed by atoms with van der Waals surface area (Å²) in [5.74, 6) is 0.753. The van der Waals surface area contributed by atoms with E-state index in [2.05, 4.69) is 6.92 Å². The van der Waals surface area contributed by atoms with Crippen molar-refractivity contribution in [2.45, 2.75) is 25.5 Å². The summed E-state index contributed by atoms with van der Waals surface area (Å²) in [6, 6.07) is 4.31. The lowest BCUT2D eigenvalue weighted by Crippen LogP contribution is -1.96. The van der Waals surface area contributed by atoms with Crippen LogP contribution in [0, 0.1) is 15.9 Å². The molecular weight excluding hydrogens is 229 g/mol. The van der Waals surface area contributed by atoms with Gasteiger partial charge < -0.3 is 0 Å². The van der Waals surface area contributed by atoms with Gasteiger partial charge in [-0.1, -0.05) is 25.5 Å². The van der Waals surface area contributed by atoms with Crippen molar-refractivity contribution in [1.29, 1.82) is 0 Å². The third-order valence-electron chi connectivity index (χ3n) is 2.15. The van der Waals surface area contributed by atoms with Gasteiger partial charge in [-0.3, -0.25) is 10.1 Å². The molecule has 0 unspecified atom stereocenters. The minimum atomic E-state index is -0.698. The van der Waals surface area contributed by atoms with Crippen LogP contribution in [0.1, 0.15) is 25.3 Å². The van der Waals surface area contributed by atoms with E-state index in [0.29, 0.717) is 11.3 Å². The molecule has 1 rings (SSSR count). The summed E-state index contributed by atoms with van der Waals surface area (Å²) in [5, 5.41) is 10.5. The summed E-state index contributed by atoms with van der Waals surface area (Å²) in [6.45, 7) is 2.09. The van der Waals surface area contributed by atoms with E-state index in [0.717, 1.165) is 18.6 Å². The fourth-order valence-corrected chi connectivity index (χ4v) is 2.33. The number of rotatable bonds is 6. The van der Waals surface area contributed by atoms with Crippen molar-refractivity contribution in [3.05, 3.63) is 39.7 Å². The van der Waals surface area contributed by atoms with Crippen molar-refractivity contribution in [3.63, 3.8) is 0 Å². The molecule has 0 bridgehead atoms. The van der Waals surface area contributed by atoms with Crippen molar-refractivity contribution in [3.8, 4) is 0 Å². The van der Waals surface area contributed by atoms with E-state index in [1.807, 2.05) is 0 Å². The fourth-order valence-electron chi connectivity index (χ4n) is 1.25. The first-order chi connectivity index (χ1) is 7.66. The minimum absolute atomic E-state index is 0.412. The van der Waals surface area contributed by atoms with E-state index in [1.54, 1.807) is 17.8 Å². The molecule has 1 aromatic rings. The maximum Gasteiger partial charge on any atom is 0.305 e. The summed E-state index contributed by atoms with van der Waals surface area (Å²) in [6.07, 6.45) is 2.19. The lowest BCUT2D eigenvalue weighted by molar-refractivity contribution is -0.387. The van der Waals surface area contributed by atoms with Crippen LogP contribution in [0.4, 0.5) is 10.1 Å². The van der Waals surface area contributed by atoms with Crippen molar-refractivity contribution in [2.24, 2.45) is 0 Å². The Balaban J connectivity index is 2.66. The number of hydrogen-bond donors (Lipinski definition) is 0. The molecule has 0 saturated heterocycles. The number of hydrogen-bond acceptors (Lipinski definition) is 3. The monoisotopic (exact) mass is 243 g/mol. The van der Waals surface area contributed by atoms with E-state index in [-0.39, 0.29) is 0 Å². The van der Waals surface area contributed by atoms with E-state index in [9.17, 15) is 14.5 Å². The molecule has 0 saturated carbocycles. The second kappa shape index (κ2) is 6.48. The van der Waals surface area contributed by atoms with E-state index in [4.69, 9.17) is 0 Å². The summed E-state index contributed by atoms with van der Waals surface area (Å²) < 4.78 is 13.6. The predicted molar refractivity (Wildman–Crippen MR) is 64.1 cm³/mol. The number of halogens is 1. The van der Waals surface area contributed by atoms with Gasteiger partial charge in [0.1, 0.15) is 0 Å². The first-order valence-electron chi connectivity index (χ1n) is 5.16. The molecule has 5 heteroatoms. The van der Waals surface area contributed by atoms with Crippen molar-refractivity contribution in [2.75, 3.05) is 5.75 Å². The Kier molecular flexibility index (Phi) is 5.25. The maximum absolute atomic E-state index is 13.6. The summed E-state index contributed by atoms with van der Waals surface area (Å²) in [5.41, 5.74) is -0.0242. The van der Waals surface area contributed by atoms with Gasteiger partial charge in [-0.25, -0.2) is 0 Å². The largest absolute Gasteiger partial charge is 0.305 e. The van der Waals surface area contributed by atoms with E-state index in [1.165, 1.54) is 12.1 Å². The number of nitro groups is 1. The first-order valence-corrected chi connectivity index (χ1v) is 6.31. The molecule has 0 aliphatic rings. The van der Waals surface area contributed by atoms with Crippen molar-refractivity contribution >= 4 is 17.4 Å². The molecule has 0 aliphatic carbocycles.